The lowest BCUT2D eigenvalue weighted by Gasteiger charge is -2.22. The van der Waals surface area contributed by atoms with Gasteiger partial charge in [-0.1, -0.05) is 6.07 Å². The second-order valence-electron chi connectivity index (χ2n) is 5.65. The first-order chi connectivity index (χ1) is 9.81. The molecule has 0 amide bonds. The first kappa shape index (κ1) is 15.4. The van der Waals surface area contributed by atoms with Crippen molar-refractivity contribution in [2.24, 2.45) is 0 Å². The van der Waals surface area contributed by atoms with E-state index in [2.05, 4.69) is 28.2 Å². The number of aliphatic hydroxyl groups excluding tert-OH is 1. The molecule has 1 aromatic rings. The predicted molar refractivity (Wildman–Crippen MR) is 81.6 cm³/mol. The van der Waals surface area contributed by atoms with Crippen LogP contribution in [0.3, 0.4) is 0 Å². The number of pyridine rings is 1. The fourth-order valence-corrected chi connectivity index (χ4v) is 2.89. The lowest BCUT2D eigenvalue weighted by Crippen LogP contribution is -2.33. The number of hydrogen-bond donors (Lipinski definition) is 2. The summed E-state index contributed by atoms with van der Waals surface area (Å²) in [7, 11) is 0. The fourth-order valence-electron chi connectivity index (χ4n) is 2.89. The molecule has 0 saturated carbocycles. The normalized spacial score (nSPS) is 21.2. The molecule has 4 heteroatoms. The number of aliphatic hydroxyl groups is 1. The van der Waals surface area contributed by atoms with Gasteiger partial charge in [0.25, 0.3) is 0 Å². The van der Waals surface area contributed by atoms with Crippen molar-refractivity contribution in [1.82, 2.24) is 15.2 Å². The van der Waals surface area contributed by atoms with E-state index in [-0.39, 0.29) is 0 Å². The Kier molecular flexibility index (Phi) is 6.43. The summed E-state index contributed by atoms with van der Waals surface area (Å²) >= 11 is 0. The molecule has 1 aliphatic rings. The topological polar surface area (TPSA) is 48.4 Å². The number of nitrogens with one attached hydrogen (secondary N) is 1. The number of unbranched alkanes of at least 4 members (excludes halogenated alkanes) is 1. The van der Waals surface area contributed by atoms with Gasteiger partial charge in [-0.3, -0.25) is 9.88 Å². The third kappa shape index (κ3) is 4.54. The Morgan fingerprint density at radius 2 is 2.35 bits per heavy atom. The molecule has 2 atom stereocenters. The first-order valence-electron chi connectivity index (χ1n) is 7.80. The van der Waals surface area contributed by atoms with Crippen LogP contribution in [0.25, 0.3) is 0 Å². The summed E-state index contributed by atoms with van der Waals surface area (Å²) in [5.41, 5.74) is 1.10. The van der Waals surface area contributed by atoms with Gasteiger partial charge in [0.1, 0.15) is 0 Å². The van der Waals surface area contributed by atoms with E-state index in [0.717, 1.165) is 31.7 Å². The van der Waals surface area contributed by atoms with Gasteiger partial charge in [0.05, 0.1) is 12.3 Å². The smallest absolute Gasteiger partial charge is 0.0586 e. The Hall–Kier alpha value is -0.970. The van der Waals surface area contributed by atoms with Gasteiger partial charge >= 0.3 is 0 Å². The van der Waals surface area contributed by atoms with Crippen molar-refractivity contribution >= 4 is 0 Å². The predicted octanol–water partition coefficient (Wildman–Crippen LogP) is 1.97. The number of nitrogens with zero attached hydrogens (tertiary/aromatic N) is 2. The van der Waals surface area contributed by atoms with Gasteiger partial charge in [0.2, 0.25) is 0 Å². The highest BCUT2D eigenvalue weighted by Gasteiger charge is 2.22. The maximum atomic E-state index is 9.28. The van der Waals surface area contributed by atoms with Crippen LogP contribution in [-0.2, 0) is 0 Å². The summed E-state index contributed by atoms with van der Waals surface area (Å²) in [5.74, 6) is 0. The molecule has 2 unspecified atom stereocenters. The first-order valence-corrected chi connectivity index (χ1v) is 7.80. The van der Waals surface area contributed by atoms with Crippen LogP contribution in [-0.4, -0.2) is 47.3 Å². The molecule has 1 aromatic heterocycles. The van der Waals surface area contributed by atoms with E-state index in [1.54, 1.807) is 0 Å². The van der Waals surface area contributed by atoms with Gasteiger partial charge in [-0.25, -0.2) is 0 Å². The van der Waals surface area contributed by atoms with Crippen molar-refractivity contribution in [3.05, 3.63) is 30.1 Å². The molecule has 1 fully saturated rings. The summed E-state index contributed by atoms with van der Waals surface area (Å²) in [4.78, 5) is 6.80. The molecular formula is C16H27N3O. The quantitative estimate of drug-likeness (QED) is 0.713. The molecule has 4 nitrogen and oxygen atoms in total. The fraction of sp³-hybridized carbons (Fsp3) is 0.688. The molecule has 2 heterocycles. The second-order valence-corrected chi connectivity index (χ2v) is 5.65. The highest BCUT2D eigenvalue weighted by Crippen LogP contribution is 2.17. The Morgan fingerprint density at radius 3 is 3.10 bits per heavy atom. The Labute approximate surface area is 122 Å². The van der Waals surface area contributed by atoms with Crippen molar-refractivity contribution in [1.29, 1.82) is 0 Å². The lowest BCUT2D eigenvalue weighted by atomic mass is 10.2. The number of rotatable bonds is 8. The summed E-state index contributed by atoms with van der Waals surface area (Å²) in [5, 5.41) is 12.8. The van der Waals surface area contributed by atoms with Gasteiger partial charge in [-0.2, -0.15) is 0 Å². The van der Waals surface area contributed by atoms with Gasteiger partial charge < -0.3 is 10.4 Å². The van der Waals surface area contributed by atoms with Crippen molar-refractivity contribution in [3.8, 4) is 0 Å². The molecule has 1 saturated heterocycles. The zero-order valence-corrected chi connectivity index (χ0v) is 12.5. The van der Waals surface area contributed by atoms with Crippen LogP contribution in [0.4, 0.5) is 0 Å². The minimum absolute atomic E-state index is 0.313. The molecule has 112 valence electrons. The Morgan fingerprint density at radius 1 is 1.45 bits per heavy atom. The van der Waals surface area contributed by atoms with E-state index < -0.39 is 0 Å². The average molecular weight is 277 g/mol. The summed E-state index contributed by atoms with van der Waals surface area (Å²) in [6.45, 7) is 5.77. The maximum absolute atomic E-state index is 9.28. The van der Waals surface area contributed by atoms with E-state index in [9.17, 15) is 5.11 Å². The molecule has 0 aromatic carbocycles. The van der Waals surface area contributed by atoms with E-state index >= 15 is 0 Å². The third-order valence-electron chi connectivity index (χ3n) is 4.16. The van der Waals surface area contributed by atoms with E-state index in [1.807, 2.05) is 18.3 Å². The number of aromatic nitrogens is 1. The van der Waals surface area contributed by atoms with Crippen molar-refractivity contribution in [2.45, 2.75) is 44.7 Å². The van der Waals surface area contributed by atoms with Crippen LogP contribution >= 0.6 is 0 Å². The molecule has 0 aliphatic carbocycles. The number of hydrogen-bond acceptors (Lipinski definition) is 4. The molecule has 0 radical (unpaired) electrons. The SMILES string of the molecule is CC(NCCCCN1CCCC1CO)c1ccccn1. The van der Waals surface area contributed by atoms with Gasteiger partial charge in [-0.05, 0) is 64.4 Å². The second kappa shape index (κ2) is 8.35. The maximum Gasteiger partial charge on any atom is 0.0586 e. The van der Waals surface area contributed by atoms with Crippen molar-refractivity contribution < 1.29 is 5.11 Å². The largest absolute Gasteiger partial charge is 0.395 e. The van der Waals surface area contributed by atoms with Gasteiger partial charge in [-0.15, -0.1) is 0 Å². The lowest BCUT2D eigenvalue weighted by molar-refractivity contribution is 0.157. The van der Waals surface area contributed by atoms with Crippen LogP contribution in [0.5, 0.6) is 0 Å². The van der Waals surface area contributed by atoms with Crippen LogP contribution in [0.1, 0.15) is 44.3 Å². The Balaban J connectivity index is 1.58. The van der Waals surface area contributed by atoms with Crippen LogP contribution in [0.2, 0.25) is 0 Å². The Bertz CT molecular complexity index is 371. The van der Waals surface area contributed by atoms with Crippen molar-refractivity contribution in [3.63, 3.8) is 0 Å². The number of likely N-dealkylation sites (tertiary alicyclic amines) is 1. The molecule has 20 heavy (non-hydrogen) atoms. The summed E-state index contributed by atoms with van der Waals surface area (Å²) < 4.78 is 0. The molecule has 2 rings (SSSR count). The zero-order valence-electron chi connectivity index (χ0n) is 12.5. The highest BCUT2D eigenvalue weighted by atomic mass is 16.3. The van der Waals surface area contributed by atoms with Gasteiger partial charge in [0.15, 0.2) is 0 Å². The molecule has 0 spiro atoms. The monoisotopic (exact) mass is 277 g/mol. The molecule has 1 aliphatic heterocycles. The van der Waals surface area contributed by atoms with Crippen molar-refractivity contribution in [2.75, 3.05) is 26.2 Å². The molecular weight excluding hydrogens is 250 g/mol. The highest BCUT2D eigenvalue weighted by molar-refractivity contribution is 5.07. The molecule has 2 N–H and O–H groups in total. The minimum Gasteiger partial charge on any atom is -0.395 e. The van der Waals surface area contributed by atoms with Crippen LogP contribution in [0.15, 0.2) is 24.4 Å². The zero-order chi connectivity index (χ0) is 14.2. The summed E-state index contributed by atoms with van der Waals surface area (Å²) in [6.07, 6.45) is 6.60. The third-order valence-corrected chi connectivity index (χ3v) is 4.16. The minimum atomic E-state index is 0.313. The van der Waals surface area contributed by atoms with E-state index in [4.69, 9.17) is 0 Å². The van der Waals surface area contributed by atoms with Crippen LogP contribution in [0, 0.1) is 0 Å². The van der Waals surface area contributed by atoms with E-state index in [0.29, 0.717) is 18.7 Å². The van der Waals surface area contributed by atoms with Crippen LogP contribution < -0.4 is 5.32 Å². The standard InChI is InChI=1S/C16H27N3O/c1-14(16-8-2-3-10-18-16)17-9-4-5-11-19-12-6-7-15(19)13-20/h2-3,8,10,14-15,17,20H,4-7,9,11-13H2,1H3. The average Bonchev–Trinajstić information content (AvgIpc) is 2.95. The summed E-state index contributed by atoms with van der Waals surface area (Å²) in [6, 6.07) is 6.77. The van der Waals surface area contributed by atoms with E-state index in [1.165, 1.54) is 19.3 Å². The molecule has 0 bridgehead atoms. The van der Waals surface area contributed by atoms with Gasteiger partial charge in [0, 0.05) is 18.3 Å².